The Bertz CT molecular complexity index is 678. The van der Waals surface area contributed by atoms with Crippen LogP contribution in [-0.2, 0) is 6.42 Å². The van der Waals surface area contributed by atoms with E-state index in [9.17, 15) is 0 Å². The average Bonchev–Trinajstić information content (AvgIpc) is 2.69. The van der Waals surface area contributed by atoms with Gasteiger partial charge in [-0.1, -0.05) is 55.7 Å². The molecule has 1 aromatic carbocycles. The second kappa shape index (κ2) is 7.31. The van der Waals surface area contributed by atoms with E-state index in [2.05, 4.69) is 37.8 Å². The smallest absolute Gasteiger partial charge is 0.0104 e. The van der Waals surface area contributed by atoms with Crippen molar-refractivity contribution < 1.29 is 0 Å². The maximum Gasteiger partial charge on any atom is 0.0104 e. The minimum atomic E-state index is 0.165. The van der Waals surface area contributed by atoms with Gasteiger partial charge in [0.2, 0.25) is 0 Å². The van der Waals surface area contributed by atoms with Crippen LogP contribution < -0.4 is 5.73 Å². The molecule has 1 heteroatoms. The third kappa shape index (κ3) is 3.18. The van der Waals surface area contributed by atoms with E-state index in [-0.39, 0.29) is 11.5 Å². The fourth-order valence-electron chi connectivity index (χ4n) is 8.06. The van der Waals surface area contributed by atoms with Gasteiger partial charge >= 0.3 is 0 Å². The second-order valence-electron chi connectivity index (χ2n) is 11.0. The topological polar surface area (TPSA) is 26.0 Å². The molecule has 1 atom stereocenters. The maximum absolute atomic E-state index is 6.48. The summed E-state index contributed by atoms with van der Waals surface area (Å²) < 4.78 is 0. The van der Waals surface area contributed by atoms with E-state index in [1.54, 1.807) is 12.0 Å². The first-order chi connectivity index (χ1) is 13.5. The van der Waals surface area contributed by atoms with Crippen molar-refractivity contribution in [3.8, 4) is 0 Å². The van der Waals surface area contributed by atoms with E-state index < -0.39 is 0 Å². The lowest BCUT2D eigenvalue weighted by molar-refractivity contribution is -0.00278. The summed E-state index contributed by atoms with van der Waals surface area (Å²) in [5.74, 6) is 4.91. The number of hydrogen-bond acceptors (Lipinski definition) is 1. The Morgan fingerprint density at radius 3 is 2.07 bits per heavy atom. The molecule has 152 valence electrons. The van der Waals surface area contributed by atoms with Crippen molar-refractivity contribution in [1.82, 2.24) is 0 Å². The fraction of sp³-hybridized carbons (Fsp3) is 0.704. The summed E-state index contributed by atoms with van der Waals surface area (Å²) in [7, 11) is 0. The molecule has 28 heavy (non-hydrogen) atoms. The van der Waals surface area contributed by atoms with Crippen LogP contribution in [0.5, 0.6) is 0 Å². The lowest BCUT2D eigenvalue weighted by Gasteiger charge is -2.54. The highest BCUT2D eigenvalue weighted by Crippen LogP contribution is 2.59. The van der Waals surface area contributed by atoms with Crippen LogP contribution in [0.2, 0.25) is 0 Å². The van der Waals surface area contributed by atoms with Crippen LogP contribution in [0.1, 0.15) is 88.2 Å². The van der Waals surface area contributed by atoms with Gasteiger partial charge in [0, 0.05) is 11.5 Å². The van der Waals surface area contributed by atoms with Crippen molar-refractivity contribution in [2.24, 2.45) is 34.8 Å². The van der Waals surface area contributed by atoms with E-state index >= 15 is 0 Å². The number of nitrogens with two attached hydrogens (primary N) is 1. The van der Waals surface area contributed by atoms with Gasteiger partial charge in [-0.15, -0.1) is 0 Å². The minimum Gasteiger partial charge on any atom is -0.327 e. The van der Waals surface area contributed by atoms with Gasteiger partial charge in [-0.25, -0.2) is 0 Å². The van der Waals surface area contributed by atoms with Gasteiger partial charge in [0.25, 0.3) is 0 Å². The Labute approximate surface area is 172 Å². The van der Waals surface area contributed by atoms with Crippen molar-refractivity contribution in [2.75, 3.05) is 0 Å². The Hall–Kier alpha value is -1.08. The fourth-order valence-corrected chi connectivity index (χ4v) is 8.06. The molecule has 0 heterocycles. The Morgan fingerprint density at radius 2 is 1.54 bits per heavy atom. The normalized spacial score (nSPS) is 37.0. The molecule has 1 unspecified atom stereocenters. The van der Waals surface area contributed by atoms with Crippen molar-refractivity contribution in [3.63, 3.8) is 0 Å². The summed E-state index contributed by atoms with van der Waals surface area (Å²) in [4.78, 5) is 0. The van der Waals surface area contributed by atoms with Crippen LogP contribution in [0.3, 0.4) is 0 Å². The predicted octanol–water partition coefficient (Wildman–Crippen LogP) is 6.62. The number of benzene rings is 1. The van der Waals surface area contributed by atoms with Gasteiger partial charge in [0.05, 0.1) is 0 Å². The van der Waals surface area contributed by atoms with Crippen molar-refractivity contribution in [2.45, 2.75) is 89.5 Å². The highest BCUT2D eigenvalue weighted by atomic mass is 14.7. The van der Waals surface area contributed by atoms with E-state index in [0.29, 0.717) is 0 Å². The molecule has 0 amide bonds. The molecule has 2 N–H and O–H groups in total. The van der Waals surface area contributed by atoms with Gasteiger partial charge in [-0.05, 0) is 99.0 Å². The Balaban J connectivity index is 1.30. The van der Waals surface area contributed by atoms with Crippen molar-refractivity contribution >= 4 is 0 Å². The summed E-state index contributed by atoms with van der Waals surface area (Å²) in [6.07, 6.45) is 15.0. The molecular formula is C27H39N. The minimum absolute atomic E-state index is 0.165. The van der Waals surface area contributed by atoms with E-state index in [4.69, 9.17) is 5.73 Å². The van der Waals surface area contributed by atoms with Gasteiger partial charge in [-0.2, -0.15) is 0 Å². The zero-order valence-corrected chi connectivity index (χ0v) is 17.8. The van der Waals surface area contributed by atoms with Crippen LogP contribution in [-0.4, -0.2) is 6.04 Å². The molecule has 5 aliphatic rings. The van der Waals surface area contributed by atoms with Gasteiger partial charge in [-0.3, -0.25) is 0 Å². The molecular weight excluding hydrogens is 338 g/mol. The molecule has 0 saturated heterocycles. The molecule has 5 aliphatic carbocycles. The van der Waals surface area contributed by atoms with E-state index in [1.165, 1.54) is 68.9 Å². The van der Waals surface area contributed by atoms with Gasteiger partial charge in [0.1, 0.15) is 0 Å². The summed E-state index contributed by atoms with van der Waals surface area (Å²) in [6.45, 7) is 6.76. The number of hydrogen-bond donors (Lipinski definition) is 1. The first-order valence-electron chi connectivity index (χ1n) is 12.1. The largest absolute Gasteiger partial charge is 0.327 e. The maximum atomic E-state index is 6.48. The van der Waals surface area contributed by atoms with E-state index in [0.717, 1.165) is 36.0 Å². The van der Waals surface area contributed by atoms with Crippen LogP contribution in [0.4, 0.5) is 0 Å². The first kappa shape index (κ1) is 18.9. The lowest BCUT2D eigenvalue weighted by atomic mass is 9.51. The molecule has 0 radical (unpaired) electrons. The highest BCUT2D eigenvalue weighted by Gasteiger charge is 2.48. The van der Waals surface area contributed by atoms with Gasteiger partial charge in [0.15, 0.2) is 0 Å². The van der Waals surface area contributed by atoms with Crippen LogP contribution in [0, 0.1) is 29.1 Å². The molecule has 1 nitrogen and oxygen atoms in total. The zero-order chi connectivity index (χ0) is 19.3. The molecule has 5 fully saturated rings. The SMILES string of the molecule is C=C(Cc1ccc(C2C3CC4CC(C3)CC2C4)cc1)C1(C(C)N)CCCCC1. The van der Waals surface area contributed by atoms with Crippen molar-refractivity contribution in [3.05, 3.63) is 47.5 Å². The molecule has 0 aromatic heterocycles. The summed E-state index contributed by atoms with van der Waals surface area (Å²) in [5, 5.41) is 0. The third-order valence-electron chi connectivity index (χ3n) is 9.33. The molecule has 5 saturated carbocycles. The molecule has 4 bridgehead atoms. The molecule has 6 rings (SSSR count). The monoisotopic (exact) mass is 377 g/mol. The highest BCUT2D eigenvalue weighted by molar-refractivity contribution is 5.32. The van der Waals surface area contributed by atoms with Crippen LogP contribution >= 0.6 is 0 Å². The summed E-state index contributed by atoms with van der Waals surface area (Å²) >= 11 is 0. The average molecular weight is 378 g/mol. The van der Waals surface area contributed by atoms with Crippen LogP contribution in [0.25, 0.3) is 0 Å². The lowest BCUT2D eigenvalue weighted by Crippen LogP contribution is -2.43. The molecule has 0 aliphatic heterocycles. The summed E-state index contributed by atoms with van der Waals surface area (Å²) in [5.41, 5.74) is 11.1. The first-order valence-corrected chi connectivity index (χ1v) is 12.1. The Kier molecular flexibility index (Phi) is 4.94. The Morgan fingerprint density at radius 1 is 0.964 bits per heavy atom. The quantitative estimate of drug-likeness (QED) is 0.573. The molecule has 1 aromatic rings. The molecule has 0 spiro atoms. The zero-order valence-electron chi connectivity index (χ0n) is 17.8. The van der Waals surface area contributed by atoms with Crippen molar-refractivity contribution in [1.29, 1.82) is 0 Å². The third-order valence-corrected chi connectivity index (χ3v) is 9.33. The standard InChI is InChI=1S/C27H39N/c1-18(27(19(2)28)10-4-3-5-11-27)12-20-6-8-23(9-7-20)26-24-14-21-13-22(16-24)17-25(26)15-21/h6-9,19,21-22,24-26H,1,3-5,10-17,28H2,2H3. The summed E-state index contributed by atoms with van der Waals surface area (Å²) in [6, 6.07) is 9.96. The van der Waals surface area contributed by atoms with Crippen LogP contribution in [0.15, 0.2) is 36.4 Å². The number of rotatable bonds is 5. The predicted molar refractivity (Wildman–Crippen MR) is 118 cm³/mol. The second-order valence-corrected chi connectivity index (χ2v) is 11.0. The van der Waals surface area contributed by atoms with Gasteiger partial charge < -0.3 is 5.73 Å². The van der Waals surface area contributed by atoms with E-state index in [1.807, 2.05) is 0 Å².